The maximum atomic E-state index is 13.2. The number of rotatable bonds is 50. The number of hydrogen-bond acceptors (Lipinski definition) is 5. The Balaban J connectivity index is 4.65. The highest BCUT2D eigenvalue weighted by Gasteiger charge is 2.24. The first kappa shape index (κ1) is 63.3. The van der Waals surface area contributed by atoms with Gasteiger partial charge in [0, 0.05) is 6.42 Å². The van der Waals surface area contributed by atoms with E-state index in [0.29, 0.717) is 19.3 Å². The molecule has 3 unspecified atom stereocenters. The topological polar surface area (TPSA) is 95.9 Å². The third-order valence-corrected chi connectivity index (χ3v) is 12.5. The third-order valence-electron chi connectivity index (χ3n) is 12.5. The van der Waals surface area contributed by atoms with Crippen LogP contribution in [-0.4, -0.2) is 46.9 Å². The third kappa shape index (κ3) is 47.8. The second-order valence-corrected chi connectivity index (χ2v) is 19.0. The van der Waals surface area contributed by atoms with Gasteiger partial charge in [0.15, 0.2) is 0 Å². The fourth-order valence-electron chi connectivity index (χ4n) is 8.21. The van der Waals surface area contributed by atoms with Gasteiger partial charge in [-0.05, 0) is 103 Å². The second kappa shape index (κ2) is 53.3. The van der Waals surface area contributed by atoms with E-state index in [9.17, 15) is 19.8 Å². The van der Waals surface area contributed by atoms with Gasteiger partial charge < -0.3 is 20.3 Å². The van der Waals surface area contributed by atoms with Crippen LogP contribution < -0.4 is 5.32 Å². The summed E-state index contributed by atoms with van der Waals surface area (Å²) in [6, 6.07) is -0.716. The van der Waals surface area contributed by atoms with Gasteiger partial charge in [0.25, 0.3) is 0 Å². The Hall–Kier alpha value is -2.70. The quantitative estimate of drug-likeness (QED) is 0.0321. The number of nitrogens with one attached hydrogen (secondary N) is 1. The number of aliphatic hydroxyl groups excluding tert-OH is 2. The first-order chi connectivity index (χ1) is 32.5. The number of esters is 1. The van der Waals surface area contributed by atoms with E-state index < -0.39 is 18.2 Å². The van der Waals surface area contributed by atoms with Crippen molar-refractivity contribution in [1.82, 2.24) is 5.32 Å². The summed E-state index contributed by atoms with van der Waals surface area (Å²) < 4.78 is 5.94. The molecular formula is C60H107NO5. The van der Waals surface area contributed by atoms with Crippen molar-refractivity contribution in [1.29, 1.82) is 0 Å². The number of carbonyl (C=O) groups excluding carboxylic acids is 2. The molecule has 382 valence electrons. The Morgan fingerprint density at radius 1 is 0.439 bits per heavy atom. The standard InChI is InChI=1S/C60H107NO5/c1-4-7-10-13-16-19-22-25-27-28-29-30-32-35-38-41-44-47-50-53-60(65)66-56(51-48-45-42-39-36-34-31-26-23-20-17-14-11-8-5-2)54-59(64)61-57(55-62)58(63)52-49-46-43-40-37-33-24-21-18-15-12-9-6-3/h16-17,19-20,25-27,29-31,35,38,56-58,62-63H,4-15,18,21-24,28,32-34,36-37,39-55H2,1-3H3,(H,61,64)/b19-16-,20-17-,27-25-,30-29-,31-26-,38-35-. The predicted molar refractivity (Wildman–Crippen MR) is 287 cm³/mol. The zero-order chi connectivity index (χ0) is 48.1. The monoisotopic (exact) mass is 922 g/mol. The van der Waals surface area contributed by atoms with E-state index in [2.05, 4.69) is 99.0 Å². The average Bonchev–Trinajstić information content (AvgIpc) is 3.31. The van der Waals surface area contributed by atoms with Crippen molar-refractivity contribution in [2.24, 2.45) is 0 Å². The average molecular weight is 923 g/mol. The number of unbranched alkanes of at least 4 members (excludes halogenated alkanes) is 26. The van der Waals surface area contributed by atoms with Crippen LogP contribution >= 0.6 is 0 Å². The van der Waals surface area contributed by atoms with Crippen LogP contribution in [0, 0.1) is 0 Å². The summed E-state index contributed by atoms with van der Waals surface area (Å²) in [5.41, 5.74) is 0. The lowest BCUT2D eigenvalue weighted by Gasteiger charge is -2.24. The molecule has 0 fully saturated rings. The number of aliphatic hydroxyl groups is 2. The lowest BCUT2D eigenvalue weighted by atomic mass is 10.0. The lowest BCUT2D eigenvalue weighted by Crippen LogP contribution is -2.46. The summed E-state index contributed by atoms with van der Waals surface area (Å²) in [6.45, 7) is 6.43. The molecule has 1 amide bonds. The molecule has 0 aromatic heterocycles. The zero-order valence-electron chi connectivity index (χ0n) is 43.6. The van der Waals surface area contributed by atoms with Crippen molar-refractivity contribution in [3.63, 3.8) is 0 Å². The minimum absolute atomic E-state index is 0.0532. The Kier molecular flexibility index (Phi) is 51.1. The highest BCUT2D eigenvalue weighted by molar-refractivity contribution is 5.77. The molecule has 0 saturated heterocycles. The van der Waals surface area contributed by atoms with Crippen LogP contribution in [0.15, 0.2) is 72.9 Å². The molecule has 0 aliphatic carbocycles. The van der Waals surface area contributed by atoms with Gasteiger partial charge in [0.05, 0.1) is 25.2 Å². The predicted octanol–water partition coefficient (Wildman–Crippen LogP) is 17.3. The van der Waals surface area contributed by atoms with Crippen LogP contribution in [0.5, 0.6) is 0 Å². The SMILES string of the molecule is CCCCC/C=C\C/C=C\C/C=C\C/C=C\CCCCCC(=O)OC(CCCCCCC/C=C\C/C=C\CCCCC)CC(=O)NC(CO)C(O)CCCCCCCCCCCCCCC. The van der Waals surface area contributed by atoms with Crippen molar-refractivity contribution in [3.05, 3.63) is 72.9 Å². The van der Waals surface area contributed by atoms with Gasteiger partial charge in [-0.25, -0.2) is 0 Å². The number of ether oxygens (including phenoxy) is 1. The molecule has 0 radical (unpaired) electrons. The zero-order valence-corrected chi connectivity index (χ0v) is 43.6. The highest BCUT2D eigenvalue weighted by atomic mass is 16.5. The summed E-state index contributed by atoms with van der Waals surface area (Å²) in [5, 5.41) is 23.8. The molecular weight excluding hydrogens is 815 g/mol. The fourth-order valence-corrected chi connectivity index (χ4v) is 8.21. The van der Waals surface area contributed by atoms with Crippen LogP contribution in [0.2, 0.25) is 0 Å². The van der Waals surface area contributed by atoms with Crippen LogP contribution in [0.4, 0.5) is 0 Å². The molecule has 6 nitrogen and oxygen atoms in total. The van der Waals surface area contributed by atoms with Gasteiger partial charge in [0.1, 0.15) is 6.10 Å². The summed E-state index contributed by atoms with van der Waals surface area (Å²) >= 11 is 0. The van der Waals surface area contributed by atoms with E-state index in [0.717, 1.165) is 96.3 Å². The Morgan fingerprint density at radius 3 is 1.20 bits per heavy atom. The Bertz CT molecular complexity index is 1220. The number of allylic oxidation sites excluding steroid dienone is 12. The van der Waals surface area contributed by atoms with E-state index in [1.54, 1.807) is 0 Å². The van der Waals surface area contributed by atoms with Crippen LogP contribution in [0.25, 0.3) is 0 Å². The highest BCUT2D eigenvalue weighted by Crippen LogP contribution is 2.18. The summed E-state index contributed by atoms with van der Waals surface area (Å²) in [4.78, 5) is 26.2. The second-order valence-electron chi connectivity index (χ2n) is 19.0. The van der Waals surface area contributed by atoms with Crippen LogP contribution in [-0.2, 0) is 14.3 Å². The van der Waals surface area contributed by atoms with Gasteiger partial charge >= 0.3 is 5.97 Å². The van der Waals surface area contributed by atoms with E-state index in [4.69, 9.17) is 4.74 Å². The van der Waals surface area contributed by atoms with E-state index in [-0.39, 0.29) is 24.9 Å². The number of amides is 1. The van der Waals surface area contributed by atoms with Crippen molar-refractivity contribution in [2.45, 2.75) is 289 Å². The summed E-state index contributed by atoms with van der Waals surface area (Å²) in [5.74, 6) is -0.521. The summed E-state index contributed by atoms with van der Waals surface area (Å²) in [7, 11) is 0. The van der Waals surface area contributed by atoms with Crippen LogP contribution in [0.3, 0.4) is 0 Å². The lowest BCUT2D eigenvalue weighted by molar-refractivity contribution is -0.151. The van der Waals surface area contributed by atoms with Crippen molar-refractivity contribution in [3.8, 4) is 0 Å². The molecule has 0 bridgehead atoms. The molecule has 0 rings (SSSR count). The molecule has 0 aliphatic heterocycles. The van der Waals surface area contributed by atoms with Crippen molar-refractivity contribution >= 4 is 11.9 Å². The maximum Gasteiger partial charge on any atom is 0.306 e. The van der Waals surface area contributed by atoms with Gasteiger partial charge in [-0.1, -0.05) is 229 Å². The van der Waals surface area contributed by atoms with Crippen LogP contribution in [0.1, 0.15) is 271 Å². The van der Waals surface area contributed by atoms with Crippen molar-refractivity contribution < 1.29 is 24.5 Å². The molecule has 0 spiro atoms. The minimum Gasteiger partial charge on any atom is -0.462 e. The van der Waals surface area contributed by atoms with Gasteiger partial charge in [-0.2, -0.15) is 0 Å². The minimum atomic E-state index is -0.800. The fraction of sp³-hybridized carbons (Fsp3) is 0.767. The van der Waals surface area contributed by atoms with E-state index in [1.807, 2.05) is 0 Å². The van der Waals surface area contributed by atoms with Gasteiger partial charge in [0.2, 0.25) is 5.91 Å². The normalized spacial score (nSPS) is 13.7. The maximum absolute atomic E-state index is 13.2. The molecule has 0 aromatic carbocycles. The van der Waals surface area contributed by atoms with Gasteiger partial charge in [-0.3, -0.25) is 9.59 Å². The Morgan fingerprint density at radius 2 is 0.773 bits per heavy atom. The smallest absolute Gasteiger partial charge is 0.306 e. The largest absolute Gasteiger partial charge is 0.462 e. The molecule has 66 heavy (non-hydrogen) atoms. The first-order valence-electron chi connectivity index (χ1n) is 28.2. The number of carbonyl (C=O) groups is 2. The molecule has 0 aromatic rings. The first-order valence-corrected chi connectivity index (χ1v) is 28.2. The van der Waals surface area contributed by atoms with Crippen molar-refractivity contribution in [2.75, 3.05) is 6.61 Å². The molecule has 0 heterocycles. The van der Waals surface area contributed by atoms with E-state index in [1.165, 1.54) is 128 Å². The van der Waals surface area contributed by atoms with Gasteiger partial charge in [-0.15, -0.1) is 0 Å². The molecule has 0 saturated carbocycles. The number of hydrogen-bond donors (Lipinski definition) is 3. The molecule has 3 atom stereocenters. The molecule has 6 heteroatoms. The molecule has 3 N–H and O–H groups in total. The summed E-state index contributed by atoms with van der Waals surface area (Å²) in [6.07, 6.45) is 68.1. The Labute approximate surface area is 409 Å². The molecule has 0 aliphatic rings. The van der Waals surface area contributed by atoms with E-state index >= 15 is 0 Å².